The molecule has 1 aromatic heterocycles. The van der Waals surface area contributed by atoms with E-state index in [9.17, 15) is 4.79 Å². The zero-order valence-electron chi connectivity index (χ0n) is 11.7. The standard InChI is InChI=1S/C13H23N5O/c1-3-18-9-15-17-12(18)8-14-13(19)16-11-7-5-4-6-10(11)2/h9-11H,3-8H2,1-2H3,(H2,14,16,19)/t10-,11+/m0/s1. The Bertz CT molecular complexity index is 417. The highest BCUT2D eigenvalue weighted by atomic mass is 16.2. The van der Waals surface area contributed by atoms with Crippen LogP contribution < -0.4 is 10.6 Å². The summed E-state index contributed by atoms with van der Waals surface area (Å²) in [6, 6.07) is 0.196. The first-order valence-corrected chi connectivity index (χ1v) is 7.11. The first-order chi connectivity index (χ1) is 9.20. The second-order valence-electron chi connectivity index (χ2n) is 5.23. The van der Waals surface area contributed by atoms with Gasteiger partial charge in [-0.05, 0) is 25.7 Å². The molecule has 1 heterocycles. The van der Waals surface area contributed by atoms with E-state index >= 15 is 0 Å². The van der Waals surface area contributed by atoms with Gasteiger partial charge in [0.15, 0.2) is 5.82 Å². The van der Waals surface area contributed by atoms with Gasteiger partial charge in [0.1, 0.15) is 6.33 Å². The van der Waals surface area contributed by atoms with Crippen LogP contribution in [0, 0.1) is 5.92 Å². The fraction of sp³-hybridized carbons (Fsp3) is 0.769. The molecule has 0 saturated heterocycles. The molecule has 0 unspecified atom stereocenters. The number of aryl methyl sites for hydroxylation is 1. The van der Waals surface area contributed by atoms with Gasteiger partial charge in [-0.2, -0.15) is 0 Å². The first kappa shape index (κ1) is 13.8. The number of aromatic nitrogens is 3. The third-order valence-electron chi connectivity index (χ3n) is 3.87. The zero-order chi connectivity index (χ0) is 13.7. The summed E-state index contributed by atoms with van der Waals surface area (Å²) in [5, 5.41) is 13.7. The van der Waals surface area contributed by atoms with Crippen LogP contribution in [0.25, 0.3) is 0 Å². The molecule has 1 fully saturated rings. The number of hydrogen-bond donors (Lipinski definition) is 2. The summed E-state index contributed by atoms with van der Waals surface area (Å²) in [6.07, 6.45) is 6.45. The summed E-state index contributed by atoms with van der Waals surface area (Å²) >= 11 is 0. The van der Waals surface area contributed by atoms with Crippen LogP contribution in [0.15, 0.2) is 6.33 Å². The lowest BCUT2D eigenvalue weighted by atomic mass is 9.86. The fourth-order valence-electron chi connectivity index (χ4n) is 2.59. The number of amides is 2. The summed E-state index contributed by atoms with van der Waals surface area (Å²) in [6.45, 7) is 5.46. The van der Waals surface area contributed by atoms with Gasteiger partial charge >= 0.3 is 6.03 Å². The molecule has 2 N–H and O–H groups in total. The molecule has 0 aliphatic heterocycles. The monoisotopic (exact) mass is 265 g/mol. The van der Waals surface area contributed by atoms with Crippen molar-refractivity contribution in [1.82, 2.24) is 25.4 Å². The minimum absolute atomic E-state index is 0.107. The lowest BCUT2D eigenvalue weighted by Gasteiger charge is -2.29. The third-order valence-corrected chi connectivity index (χ3v) is 3.87. The molecule has 0 aromatic carbocycles. The van der Waals surface area contributed by atoms with E-state index in [-0.39, 0.29) is 6.03 Å². The number of carbonyl (C=O) groups is 1. The van der Waals surface area contributed by atoms with E-state index in [2.05, 4.69) is 27.8 Å². The zero-order valence-corrected chi connectivity index (χ0v) is 11.7. The van der Waals surface area contributed by atoms with Gasteiger partial charge in [-0.1, -0.05) is 19.8 Å². The van der Waals surface area contributed by atoms with Crippen LogP contribution >= 0.6 is 0 Å². The second-order valence-corrected chi connectivity index (χ2v) is 5.23. The van der Waals surface area contributed by atoms with E-state index < -0.39 is 0 Å². The van der Waals surface area contributed by atoms with Gasteiger partial charge in [-0.25, -0.2) is 4.79 Å². The smallest absolute Gasteiger partial charge is 0.315 e. The highest BCUT2D eigenvalue weighted by Gasteiger charge is 2.22. The normalized spacial score (nSPS) is 23.1. The molecule has 0 radical (unpaired) electrons. The topological polar surface area (TPSA) is 71.8 Å². The Morgan fingerprint density at radius 2 is 2.26 bits per heavy atom. The maximum absolute atomic E-state index is 11.9. The summed E-state index contributed by atoms with van der Waals surface area (Å²) in [4.78, 5) is 11.9. The molecule has 1 aliphatic carbocycles. The van der Waals surface area contributed by atoms with Crippen molar-refractivity contribution in [3.63, 3.8) is 0 Å². The average Bonchev–Trinajstić information content (AvgIpc) is 2.86. The number of urea groups is 1. The molecule has 2 atom stereocenters. The van der Waals surface area contributed by atoms with Crippen molar-refractivity contribution in [3.8, 4) is 0 Å². The van der Waals surface area contributed by atoms with E-state index in [4.69, 9.17) is 0 Å². The maximum atomic E-state index is 11.9. The Morgan fingerprint density at radius 1 is 1.47 bits per heavy atom. The highest BCUT2D eigenvalue weighted by molar-refractivity contribution is 5.74. The van der Waals surface area contributed by atoms with Gasteiger partial charge in [0, 0.05) is 12.6 Å². The quantitative estimate of drug-likeness (QED) is 0.870. The molecule has 1 saturated carbocycles. The van der Waals surface area contributed by atoms with Crippen molar-refractivity contribution < 1.29 is 4.79 Å². The van der Waals surface area contributed by atoms with Gasteiger partial charge < -0.3 is 15.2 Å². The number of hydrogen-bond acceptors (Lipinski definition) is 3. The minimum atomic E-state index is -0.107. The van der Waals surface area contributed by atoms with Crippen molar-refractivity contribution in [1.29, 1.82) is 0 Å². The molecule has 6 heteroatoms. The number of carbonyl (C=O) groups excluding carboxylic acids is 1. The van der Waals surface area contributed by atoms with E-state index in [1.165, 1.54) is 19.3 Å². The van der Waals surface area contributed by atoms with E-state index in [1.54, 1.807) is 6.33 Å². The Hall–Kier alpha value is -1.59. The van der Waals surface area contributed by atoms with Gasteiger partial charge in [-0.15, -0.1) is 10.2 Å². The predicted molar refractivity (Wildman–Crippen MR) is 72.5 cm³/mol. The van der Waals surface area contributed by atoms with Crippen LogP contribution in [-0.4, -0.2) is 26.8 Å². The van der Waals surface area contributed by atoms with Crippen LogP contribution in [0.3, 0.4) is 0 Å². The SMILES string of the molecule is CCn1cnnc1CNC(=O)N[C@@H]1CCCC[C@@H]1C. The van der Waals surface area contributed by atoms with Crippen molar-refractivity contribution in [2.24, 2.45) is 5.92 Å². The lowest BCUT2D eigenvalue weighted by molar-refractivity contribution is 0.221. The van der Waals surface area contributed by atoms with Crippen LogP contribution in [0.4, 0.5) is 4.79 Å². The Balaban J connectivity index is 1.78. The summed E-state index contributed by atoms with van der Waals surface area (Å²) in [7, 11) is 0. The van der Waals surface area contributed by atoms with Gasteiger partial charge in [0.2, 0.25) is 0 Å². The van der Waals surface area contributed by atoms with Crippen LogP contribution in [-0.2, 0) is 13.1 Å². The molecule has 2 amide bonds. The Morgan fingerprint density at radius 3 is 3.00 bits per heavy atom. The predicted octanol–water partition coefficient (Wildman–Crippen LogP) is 1.68. The highest BCUT2D eigenvalue weighted by Crippen LogP contribution is 2.23. The lowest BCUT2D eigenvalue weighted by Crippen LogP contribution is -2.46. The molecular weight excluding hydrogens is 242 g/mol. The number of rotatable bonds is 4. The number of nitrogens with zero attached hydrogens (tertiary/aromatic N) is 3. The largest absolute Gasteiger partial charge is 0.335 e. The molecule has 1 aliphatic rings. The van der Waals surface area contributed by atoms with Crippen LogP contribution in [0.1, 0.15) is 45.4 Å². The van der Waals surface area contributed by atoms with Gasteiger partial charge in [0.05, 0.1) is 6.54 Å². The third kappa shape index (κ3) is 3.68. The molecule has 0 bridgehead atoms. The molecule has 6 nitrogen and oxygen atoms in total. The molecule has 106 valence electrons. The van der Waals surface area contributed by atoms with Gasteiger partial charge in [0.25, 0.3) is 0 Å². The van der Waals surface area contributed by atoms with Crippen LogP contribution in [0.2, 0.25) is 0 Å². The Kier molecular flexibility index (Phi) is 4.76. The van der Waals surface area contributed by atoms with Gasteiger partial charge in [-0.3, -0.25) is 0 Å². The molecule has 1 aromatic rings. The first-order valence-electron chi connectivity index (χ1n) is 7.11. The van der Waals surface area contributed by atoms with E-state index in [1.807, 2.05) is 11.5 Å². The van der Waals surface area contributed by atoms with Crippen molar-refractivity contribution in [2.75, 3.05) is 0 Å². The molecule has 0 spiro atoms. The molecule has 19 heavy (non-hydrogen) atoms. The fourth-order valence-corrected chi connectivity index (χ4v) is 2.59. The summed E-state index contributed by atoms with van der Waals surface area (Å²) < 4.78 is 1.92. The average molecular weight is 265 g/mol. The van der Waals surface area contributed by atoms with Crippen molar-refractivity contribution in [3.05, 3.63) is 12.2 Å². The summed E-state index contributed by atoms with van der Waals surface area (Å²) in [5.74, 6) is 1.35. The van der Waals surface area contributed by atoms with Crippen molar-refractivity contribution in [2.45, 2.75) is 58.7 Å². The maximum Gasteiger partial charge on any atom is 0.315 e. The molecular formula is C13H23N5O. The second kappa shape index (κ2) is 6.54. The minimum Gasteiger partial charge on any atom is -0.335 e. The van der Waals surface area contributed by atoms with E-state index in [0.717, 1.165) is 18.8 Å². The van der Waals surface area contributed by atoms with Crippen molar-refractivity contribution >= 4 is 6.03 Å². The number of nitrogens with one attached hydrogen (secondary N) is 2. The van der Waals surface area contributed by atoms with E-state index in [0.29, 0.717) is 18.5 Å². The Labute approximate surface area is 114 Å². The molecule has 2 rings (SSSR count). The van der Waals surface area contributed by atoms with Crippen LogP contribution in [0.5, 0.6) is 0 Å². The summed E-state index contributed by atoms with van der Waals surface area (Å²) in [5.41, 5.74) is 0.